The number of carboxylic acid groups (broad SMARTS) is 1. The Morgan fingerprint density at radius 1 is 1.02 bits per heavy atom. The number of aliphatic hydroxyl groups excluding tert-OH is 1. The number of rotatable bonds is 8. The average Bonchev–Trinajstić information content (AvgIpc) is 3.50. The number of fused-ring (bicyclic) bond motifs is 1. The lowest BCUT2D eigenvalue weighted by Gasteiger charge is -2.23. The van der Waals surface area contributed by atoms with Gasteiger partial charge in [-0.25, -0.2) is 9.78 Å². The van der Waals surface area contributed by atoms with Gasteiger partial charge in [0, 0.05) is 5.56 Å². The zero-order valence-electron chi connectivity index (χ0n) is 23.0. The minimum absolute atomic E-state index is 0.0397. The van der Waals surface area contributed by atoms with E-state index >= 15 is 0 Å². The predicted molar refractivity (Wildman–Crippen MR) is 153 cm³/mol. The third-order valence-corrected chi connectivity index (χ3v) is 7.03. The predicted octanol–water partition coefficient (Wildman–Crippen LogP) is 5.42. The number of nitrogens with one attached hydrogen (secondary N) is 1. The number of aliphatic hydroxyl groups is 1. The molecule has 1 aliphatic heterocycles. The molecule has 3 aromatic carbocycles. The molecule has 0 saturated carbocycles. The number of hydrogen-bond donors (Lipinski definition) is 3. The van der Waals surface area contributed by atoms with Crippen molar-refractivity contribution >= 4 is 40.4 Å². The summed E-state index contributed by atoms with van der Waals surface area (Å²) in [4.78, 5) is 47.3. The lowest BCUT2D eigenvalue weighted by atomic mass is 9.93. The molecule has 41 heavy (non-hydrogen) atoms. The van der Waals surface area contributed by atoms with E-state index in [4.69, 9.17) is 9.47 Å². The van der Waals surface area contributed by atoms with Gasteiger partial charge in [-0.1, -0.05) is 26.0 Å². The number of aromatic carboxylic acids is 1. The van der Waals surface area contributed by atoms with Crippen LogP contribution in [0.5, 0.6) is 11.5 Å². The number of methoxy groups -OCH3 is 1. The normalized spacial score (nSPS) is 16.5. The summed E-state index contributed by atoms with van der Waals surface area (Å²) in [6.07, 6.45) is 0. The molecule has 1 aliphatic rings. The number of carboxylic acids is 1. The van der Waals surface area contributed by atoms with Crippen LogP contribution < -0.4 is 14.4 Å². The molecule has 0 spiro atoms. The van der Waals surface area contributed by atoms with Crippen molar-refractivity contribution in [2.75, 3.05) is 18.6 Å². The summed E-state index contributed by atoms with van der Waals surface area (Å²) in [6.45, 7) is 6.35. The number of H-pyrrole nitrogens is 1. The quantitative estimate of drug-likeness (QED) is 0.149. The van der Waals surface area contributed by atoms with Crippen LogP contribution >= 0.6 is 0 Å². The van der Waals surface area contributed by atoms with Gasteiger partial charge in [-0.3, -0.25) is 14.5 Å². The zero-order chi connectivity index (χ0) is 29.4. The van der Waals surface area contributed by atoms with Gasteiger partial charge in [0.05, 0.1) is 41.9 Å². The van der Waals surface area contributed by atoms with Gasteiger partial charge in [0.2, 0.25) is 5.95 Å². The van der Waals surface area contributed by atoms with Gasteiger partial charge in [0.25, 0.3) is 5.78 Å². The number of amides is 1. The Hall–Kier alpha value is -5.12. The van der Waals surface area contributed by atoms with Gasteiger partial charge in [-0.2, -0.15) is 0 Å². The molecule has 10 heteroatoms. The molecular weight excluding hydrogens is 526 g/mol. The van der Waals surface area contributed by atoms with Crippen LogP contribution in [0, 0.1) is 0 Å². The van der Waals surface area contributed by atoms with Gasteiger partial charge in [0.15, 0.2) is 0 Å². The van der Waals surface area contributed by atoms with E-state index in [2.05, 4.69) is 9.97 Å². The van der Waals surface area contributed by atoms with Crippen LogP contribution in [0.4, 0.5) is 5.95 Å². The number of anilines is 1. The summed E-state index contributed by atoms with van der Waals surface area (Å²) in [5, 5.41) is 21.0. The fourth-order valence-corrected chi connectivity index (χ4v) is 4.99. The van der Waals surface area contributed by atoms with Crippen LogP contribution in [-0.2, 0) is 9.59 Å². The van der Waals surface area contributed by atoms with Gasteiger partial charge >= 0.3 is 11.9 Å². The molecule has 0 radical (unpaired) electrons. The number of imidazole rings is 1. The fraction of sp³-hybridized carbons (Fsp3) is 0.226. The van der Waals surface area contributed by atoms with E-state index in [-0.39, 0.29) is 28.8 Å². The Labute approximate surface area is 235 Å². The minimum Gasteiger partial charge on any atom is -0.507 e. The number of hydrogen-bond acceptors (Lipinski definition) is 7. The molecule has 2 heterocycles. The molecule has 0 bridgehead atoms. The van der Waals surface area contributed by atoms with Gasteiger partial charge < -0.3 is 24.7 Å². The SMILES string of the molecule is CCOc1ccc(/C(O)=C2\C(=O)C(=O)N(c3nc4ccc(C(=O)O)cc4[nH]3)C2c2ccc(OC)cc2)cc1C(C)C. The van der Waals surface area contributed by atoms with Crippen molar-refractivity contribution in [3.8, 4) is 11.5 Å². The molecule has 3 N–H and O–H groups in total. The van der Waals surface area contributed by atoms with Crippen LogP contribution in [0.15, 0.2) is 66.2 Å². The van der Waals surface area contributed by atoms with Crippen molar-refractivity contribution < 1.29 is 34.1 Å². The summed E-state index contributed by atoms with van der Waals surface area (Å²) < 4.78 is 11.0. The molecule has 10 nitrogen and oxygen atoms in total. The van der Waals surface area contributed by atoms with Gasteiger partial charge in [-0.05, 0) is 72.5 Å². The first-order valence-electron chi connectivity index (χ1n) is 13.1. The number of ketones is 1. The second kappa shape index (κ2) is 10.8. The highest BCUT2D eigenvalue weighted by Gasteiger charge is 2.48. The molecule has 1 aromatic heterocycles. The Morgan fingerprint density at radius 2 is 1.73 bits per heavy atom. The summed E-state index contributed by atoms with van der Waals surface area (Å²) in [5.41, 5.74) is 2.47. The fourth-order valence-electron chi connectivity index (χ4n) is 4.99. The molecule has 1 unspecified atom stereocenters. The molecule has 4 aromatic rings. The first-order valence-corrected chi connectivity index (χ1v) is 13.1. The summed E-state index contributed by atoms with van der Waals surface area (Å²) in [7, 11) is 1.53. The third kappa shape index (κ3) is 4.88. The van der Waals surface area contributed by atoms with Crippen molar-refractivity contribution in [1.29, 1.82) is 0 Å². The smallest absolute Gasteiger partial charge is 0.335 e. The number of nitrogens with zero attached hydrogens (tertiary/aromatic N) is 2. The van der Waals surface area contributed by atoms with E-state index < -0.39 is 23.7 Å². The lowest BCUT2D eigenvalue weighted by Crippen LogP contribution is -2.30. The Bertz CT molecular complexity index is 1700. The second-order valence-corrected chi connectivity index (χ2v) is 9.88. The number of ether oxygens (including phenoxy) is 2. The van der Waals surface area contributed by atoms with Gasteiger partial charge in [0.1, 0.15) is 17.3 Å². The average molecular weight is 556 g/mol. The van der Waals surface area contributed by atoms with E-state index in [1.165, 1.54) is 30.2 Å². The summed E-state index contributed by atoms with van der Waals surface area (Å²) in [6, 6.07) is 15.3. The summed E-state index contributed by atoms with van der Waals surface area (Å²) in [5.74, 6) is -1.86. The largest absolute Gasteiger partial charge is 0.507 e. The maximum atomic E-state index is 13.6. The molecule has 1 atom stereocenters. The maximum Gasteiger partial charge on any atom is 0.335 e. The second-order valence-electron chi connectivity index (χ2n) is 9.88. The Kier molecular flexibility index (Phi) is 7.23. The molecule has 1 amide bonds. The Morgan fingerprint density at radius 3 is 2.37 bits per heavy atom. The highest BCUT2D eigenvalue weighted by Crippen LogP contribution is 2.43. The van der Waals surface area contributed by atoms with Crippen LogP contribution in [0.25, 0.3) is 16.8 Å². The van der Waals surface area contributed by atoms with Crippen LogP contribution in [0.3, 0.4) is 0 Å². The summed E-state index contributed by atoms with van der Waals surface area (Å²) >= 11 is 0. The Balaban J connectivity index is 1.70. The number of carbonyl (C=O) groups excluding carboxylic acids is 2. The number of aromatic nitrogens is 2. The standard InChI is InChI=1S/C31H29N3O7/c1-5-41-24-13-9-18(14-21(24)16(2)3)27(35)25-26(17-6-10-20(40-4)11-7-17)34(29(37)28(25)36)31-32-22-12-8-19(30(38)39)15-23(22)33-31/h6-16,26,35H,5H2,1-4H3,(H,32,33)(H,38,39)/b27-25+. The van der Waals surface area contributed by atoms with E-state index in [0.717, 1.165) is 5.56 Å². The van der Waals surface area contributed by atoms with E-state index in [0.29, 0.717) is 40.3 Å². The number of Topliss-reactive ketones (excluding diaryl/α,β-unsaturated/α-hetero) is 1. The first kappa shape index (κ1) is 27.4. The monoisotopic (exact) mass is 555 g/mol. The molecule has 210 valence electrons. The van der Waals surface area contributed by atoms with Crippen LogP contribution in [-0.4, -0.2) is 51.6 Å². The van der Waals surface area contributed by atoms with Crippen molar-refractivity contribution in [1.82, 2.24) is 9.97 Å². The first-order chi connectivity index (χ1) is 19.6. The highest BCUT2D eigenvalue weighted by atomic mass is 16.5. The van der Waals surface area contributed by atoms with Crippen LogP contribution in [0.1, 0.15) is 59.8 Å². The molecular formula is C31H29N3O7. The van der Waals surface area contributed by atoms with E-state index in [1.807, 2.05) is 20.8 Å². The van der Waals surface area contributed by atoms with Crippen molar-refractivity contribution in [3.05, 3.63) is 88.5 Å². The number of aromatic amines is 1. The molecule has 1 saturated heterocycles. The zero-order valence-corrected chi connectivity index (χ0v) is 23.0. The molecule has 5 rings (SSSR count). The van der Waals surface area contributed by atoms with Crippen molar-refractivity contribution in [3.63, 3.8) is 0 Å². The maximum absolute atomic E-state index is 13.6. The van der Waals surface area contributed by atoms with E-state index in [9.17, 15) is 24.6 Å². The minimum atomic E-state index is -1.11. The van der Waals surface area contributed by atoms with E-state index in [1.54, 1.807) is 42.5 Å². The van der Waals surface area contributed by atoms with Crippen molar-refractivity contribution in [2.24, 2.45) is 0 Å². The number of carbonyl (C=O) groups is 3. The highest BCUT2D eigenvalue weighted by molar-refractivity contribution is 6.51. The lowest BCUT2D eigenvalue weighted by molar-refractivity contribution is -0.132. The number of benzene rings is 3. The van der Waals surface area contributed by atoms with Gasteiger partial charge in [-0.15, -0.1) is 0 Å². The third-order valence-electron chi connectivity index (χ3n) is 7.03. The van der Waals surface area contributed by atoms with Crippen LogP contribution in [0.2, 0.25) is 0 Å². The molecule has 1 fully saturated rings. The van der Waals surface area contributed by atoms with Crippen molar-refractivity contribution in [2.45, 2.75) is 32.7 Å². The topological polar surface area (TPSA) is 142 Å². The molecule has 0 aliphatic carbocycles.